The van der Waals surface area contributed by atoms with Crippen LogP contribution in [0.5, 0.6) is 11.5 Å². The predicted octanol–water partition coefficient (Wildman–Crippen LogP) is 3.15. The number of alkyl halides is 2. The van der Waals surface area contributed by atoms with Crippen molar-refractivity contribution in [3.05, 3.63) is 54.0 Å². The van der Waals surface area contributed by atoms with Crippen LogP contribution in [0.1, 0.15) is 18.2 Å². The van der Waals surface area contributed by atoms with Crippen LogP contribution in [0.3, 0.4) is 0 Å². The van der Waals surface area contributed by atoms with Crippen molar-refractivity contribution in [2.45, 2.75) is 26.2 Å². The first-order valence-corrected chi connectivity index (χ1v) is 8.20. The van der Waals surface area contributed by atoms with Crippen molar-refractivity contribution in [2.75, 3.05) is 7.11 Å². The van der Waals surface area contributed by atoms with Gasteiger partial charge in [-0.1, -0.05) is 6.07 Å². The van der Waals surface area contributed by atoms with Crippen LogP contribution in [0.2, 0.25) is 0 Å². The minimum Gasteiger partial charge on any atom is -0.493 e. The number of benzene rings is 1. The van der Waals surface area contributed by atoms with Crippen LogP contribution in [-0.2, 0) is 20.9 Å². The SMILES string of the molecule is COc1cc(/C=C/C(=O)O[C@@H](C)C(=O)NCc2ccco2)ccc1OC(F)F. The van der Waals surface area contributed by atoms with Crippen LogP contribution < -0.4 is 14.8 Å². The molecule has 2 rings (SSSR count). The van der Waals surface area contributed by atoms with Gasteiger partial charge in [-0.3, -0.25) is 4.79 Å². The molecule has 0 aliphatic carbocycles. The first kappa shape index (κ1) is 20.9. The third-order valence-corrected chi connectivity index (χ3v) is 3.49. The number of carbonyl (C=O) groups is 2. The number of ether oxygens (including phenoxy) is 3. The zero-order valence-corrected chi connectivity index (χ0v) is 15.2. The van der Waals surface area contributed by atoms with E-state index in [1.807, 2.05) is 0 Å². The number of rotatable bonds is 9. The lowest BCUT2D eigenvalue weighted by molar-refractivity contribution is -0.150. The Bertz CT molecular complexity index is 820. The van der Waals surface area contributed by atoms with Gasteiger partial charge in [0.25, 0.3) is 5.91 Å². The summed E-state index contributed by atoms with van der Waals surface area (Å²) in [5.41, 5.74) is 0.491. The van der Waals surface area contributed by atoms with E-state index in [0.717, 1.165) is 6.08 Å². The minimum atomic E-state index is -2.98. The predicted molar refractivity (Wildman–Crippen MR) is 94.8 cm³/mol. The Morgan fingerprint density at radius 1 is 1.25 bits per heavy atom. The number of hydrogen-bond donors (Lipinski definition) is 1. The maximum atomic E-state index is 12.3. The van der Waals surface area contributed by atoms with Crippen LogP contribution >= 0.6 is 0 Å². The lowest BCUT2D eigenvalue weighted by Gasteiger charge is -2.12. The maximum Gasteiger partial charge on any atom is 0.387 e. The molecular weight excluding hydrogens is 376 g/mol. The number of carbonyl (C=O) groups excluding carboxylic acids is 2. The fraction of sp³-hybridized carbons (Fsp3) is 0.263. The fourth-order valence-corrected chi connectivity index (χ4v) is 2.14. The summed E-state index contributed by atoms with van der Waals surface area (Å²) in [6.07, 6.45) is 2.98. The molecule has 7 nitrogen and oxygen atoms in total. The van der Waals surface area contributed by atoms with Gasteiger partial charge in [-0.25, -0.2) is 4.79 Å². The molecule has 1 amide bonds. The number of esters is 1. The molecule has 1 N–H and O–H groups in total. The molecule has 0 saturated heterocycles. The minimum absolute atomic E-state index is 0.0847. The molecule has 9 heteroatoms. The highest BCUT2D eigenvalue weighted by molar-refractivity contribution is 5.90. The average Bonchev–Trinajstić information content (AvgIpc) is 3.18. The van der Waals surface area contributed by atoms with Gasteiger partial charge in [-0.15, -0.1) is 0 Å². The lowest BCUT2D eigenvalue weighted by Crippen LogP contribution is -2.35. The second-order valence-electron chi connectivity index (χ2n) is 5.50. The molecule has 0 aliphatic rings. The Hall–Kier alpha value is -3.36. The standard InChI is InChI=1S/C19H19F2NO6/c1-12(18(24)22-11-14-4-3-9-26-14)27-17(23)8-6-13-5-7-15(28-19(20)21)16(10-13)25-2/h3-10,12,19H,11H2,1-2H3,(H,22,24)/b8-6+/t12-/m0/s1. The molecule has 1 aromatic carbocycles. The molecule has 1 atom stereocenters. The third kappa shape index (κ3) is 6.42. The maximum absolute atomic E-state index is 12.3. The zero-order chi connectivity index (χ0) is 20.5. The molecule has 150 valence electrons. The fourth-order valence-electron chi connectivity index (χ4n) is 2.14. The monoisotopic (exact) mass is 395 g/mol. The molecule has 28 heavy (non-hydrogen) atoms. The molecule has 0 aliphatic heterocycles. The van der Waals surface area contributed by atoms with Gasteiger partial charge in [-0.05, 0) is 42.8 Å². The number of methoxy groups -OCH3 is 1. The van der Waals surface area contributed by atoms with Gasteiger partial charge in [0, 0.05) is 6.08 Å². The zero-order valence-electron chi connectivity index (χ0n) is 15.2. The van der Waals surface area contributed by atoms with Gasteiger partial charge in [0.2, 0.25) is 0 Å². The van der Waals surface area contributed by atoms with Gasteiger partial charge in [0.1, 0.15) is 5.76 Å². The summed E-state index contributed by atoms with van der Waals surface area (Å²) in [5.74, 6) is -0.693. The molecule has 0 spiro atoms. The molecule has 0 fully saturated rings. The second-order valence-corrected chi connectivity index (χ2v) is 5.50. The van der Waals surface area contributed by atoms with Gasteiger partial charge >= 0.3 is 12.6 Å². The molecule has 1 aromatic heterocycles. The summed E-state index contributed by atoms with van der Waals surface area (Å²) in [7, 11) is 1.30. The highest BCUT2D eigenvalue weighted by atomic mass is 19.3. The number of furan rings is 1. The van der Waals surface area contributed by atoms with Gasteiger partial charge in [0.15, 0.2) is 17.6 Å². The van der Waals surface area contributed by atoms with Crippen molar-refractivity contribution in [2.24, 2.45) is 0 Å². The quantitative estimate of drug-likeness (QED) is 0.519. The Morgan fingerprint density at radius 2 is 2.04 bits per heavy atom. The number of halogens is 2. The average molecular weight is 395 g/mol. The molecule has 0 saturated carbocycles. The summed E-state index contributed by atoms with van der Waals surface area (Å²) in [5, 5.41) is 2.58. The number of amides is 1. The molecule has 1 heterocycles. The Balaban J connectivity index is 1.89. The summed E-state index contributed by atoms with van der Waals surface area (Å²) >= 11 is 0. The molecule has 2 aromatic rings. The van der Waals surface area contributed by atoms with E-state index in [-0.39, 0.29) is 18.0 Å². The smallest absolute Gasteiger partial charge is 0.387 e. The molecule has 0 unspecified atom stereocenters. The van der Waals surface area contributed by atoms with E-state index in [0.29, 0.717) is 11.3 Å². The van der Waals surface area contributed by atoms with E-state index in [9.17, 15) is 18.4 Å². The van der Waals surface area contributed by atoms with E-state index in [1.165, 1.54) is 44.6 Å². The summed E-state index contributed by atoms with van der Waals surface area (Å²) in [4.78, 5) is 23.8. The highest BCUT2D eigenvalue weighted by Crippen LogP contribution is 2.29. The van der Waals surface area contributed by atoms with E-state index < -0.39 is 24.6 Å². The van der Waals surface area contributed by atoms with E-state index >= 15 is 0 Å². The van der Waals surface area contributed by atoms with E-state index in [1.54, 1.807) is 12.1 Å². The van der Waals surface area contributed by atoms with E-state index in [2.05, 4.69) is 10.1 Å². The molecular formula is C19H19F2NO6. The van der Waals surface area contributed by atoms with Crippen molar-refractivity contribution in [3.8, 4) is 11.5 Å². The summed E-state index contributed by atoms with van der Waals surface area (Å²) < 4.78 is 44.0. The van der Waals surface area contributed by atoms with Crippen molar-refractivity contribution in [3.63, 3.8) is 0 Å². The lowest BCUT2D eigenvalue weighted by atomic mass is 10.2. The highest BCUT2D eigenvalue weighted by Gasteiger charge is 2.16. The first-order chi connectivity index (χ1) is 13.4. The van der Waals surface area contributed by atoms with Gasteiger partial charge < -0.3 is 23.9 Å². The van der Waals surface area contributed by atoms with Gasteiger partial charge in [-0.2, -0.15) is 8.78 Å². The number of hydrogen-bond acceptors (Lipinski definition) is 6. The third-order valence-electron chi connectivity index (χ3n) is 3.49. The molecule has 0 bridgehead atoms. The number of nitrogens with one attached hydrogen (secondary N) is 1. The first-order valence-electron chi connectivity index (χ1n) is 8.20. The van der Waals surface area contributed by atoms with Crippen molar-refractivity contribution < 1.29 is 37.0 Å². The van der Waals surface area contributed by atoms with E-state index in [4.69, 9.17) is 13.9 Å². The van der Waals surface area contributed by atoms with Crippen molar-refractivity contribution >= 4 is 18.0 Å². The Kier molecular flexibility index (Phi) is 7.55. The van der Waals surface area contributed by atoms with Crippen molar-refractivity contribution in [1.82, 2.24) is 5.32 Å². The van der Waals surface area contributed by atoms with Crippen molar-refractivity contribution in [1.29, 1.82) is 0 Å². The summed E-state index contributed by atoms with van der Waals surface area (Å²) in [6, 6.07) is 7.56. The van der Waals surface area contributed by atoms with Crippen LogP contribution in [0.4, 0.5) is 8.78 Å². The van der Waals surface area contributed by atoms with Crippen LogP contribution in [0.15, 0.2) is 47.1 Å². The second kappa shape index (κ2) is 10.1. The molecule has 0 radical (unpaired) electrons. The van der Waals surface area contributed by atoms with Gasteiger partial charge in [0.05, 0.1) is 19.9 Å². The summed E-state index contributed by atoms with van der Waals surface area (Å²) in [6.45, 7) is -1.37. The Morgan fingerprint density at radius 3 is 2.68 bits per heavy atom. The van der Waals surface area contributed by atoms with Crippen LogP contribution in [-0.4, -0.2) is 31.7 Å². The Labute approximate surface area is 159 Å². The van der Waals surface area contributed by atoms with Crippen LogP contribution in [0.25, 0.3) is 6.08 Å². The largest absolute Gasteiger partial charge is 0.493 e. The normalized spacial score (nSPS) is 12.0. The topological polar surface area (TPSA) is 87.0 Å². The van der Waals surface area contributed by atoms with Crippen LogP contribution in [0, 0.1) is 0 Å².